The molecule has 0 aliphatic carbocycles. The molecule has 0 unspecified atom stereocenters. The summed E-state index contributed by atoms with van der Waals surface area (Å²) in [6.07, 6.45) is -5.21. The Hall–Kier alpha value is -2.05. The van der Waals surface area contributed by atoms with E-state index in [1.807, 2.05) is 0 Å². The molecule has 1 amide bonds. The molecule has 18 heavy (non-hydrogen) atoms. The molecular formula is C11H8F3NO3. The van der Waals surface area contributed by atoms with Crippen LogP contribution in [0.3, 0.4) is 0 Å². The molecule has 1 aromatic rings. The van der Waals surface area contributed by atoms with Gasteiger partial charge >= 0.3 is 18.1 Å². The number of halogens is 3. The number of carbonyl (C=O) groups is 2. The number of carboxylic acids is 1. The summed E-state index contributed by atoms with van der Waals surface area (Å²) < 4.78 is 37.3. The van der Waals surface area contributed by atoms with Crippen LogP contribution in [-0.4, -0.2) is 29.2 Å². The fourth-order valence-electron chi connectivity index (χ4n) is 1.97. The van der Waals surface area contributed by atoms with Gasteiger partial charge in [-0.3, -0.25) is 9.69 Å². The average molecular weight is 259 g/mol. The first-order valence-corrected chi connectivity index (χ1v) is 5.03. The highest BCUT2D eigenvalue weighted by atomic mass is 19.4. The number of fused-ring (bicyclic) bond motifs is 1. The first-order chi connectivity index (χ1) is 8.32. The Balaban J connectivity index is 2.47. The monoisotopic (exact) mass is 259 g/mol. The summed E-state index contributed by atoms with van der Waals surface area (Å²) in [6, 6.07) is 4.35. The number of aliphatic carboxylic acids is 1. The highest BCUT2D eigenvalue weighted by Gasteiger charge is 2.49. The molecule has 0 aromatic heterocycles. The first kappa shape index (κ1) is 12.4. The van der Waals surface area contributed by atoms with Crippen LogP contribution in [0.2, 0.25) is 0 Å². The lowest BCUT2D eigenvalue weighted by Crippen LogP contribution is -2.48. The van der Waals surface area contributed by atoms with Gasteiger partial charge in [0.1, 0.15) is 6.04 Å². The number of hydrogen-bond donors (Lipinski definition) is 1. The van der Waals surface area contributed by atoms with E-state index in [9.17, 15) is 22.8 Å². The SMILES string of the molecule is O=C(O)[C@@H]1Cc2ccccc2N1C(=O)C(F)(F)F. The molecule has 1 atom stereocenters. The Morgan fingerprint density at radius 2 is 1.89 bits per heavy atom. The standard InChI is InChI=1S/C11H8F3NO3/c12-11(13,14)10(18)15-7-4-2-1-3-6(7)5-8(15)9(16)17/h1-4,8H,5H2,(H,16,17)/t8-/m0/s1. The molecule has 7 heteroatoms. The molecule has 1 aromatic carbocycles. The topological polar surface area (TPSA) is 57.6 Å². The van der Waals surface area contributed by atoms with Crippen molar-refractivity contribution in [1.82, 2.24) is 0 Å². The molecule has 96 valence electrons. The fourth-order valence-corrected chi connectivity index (χ4v) is 1.97. The first-order valence-electron chi connectivity index (χ1n) is 5.03. The summed E-state index contributed by atoms with van der Waals surface area (Å²) in [5.41, 5.74) is 0.426. The Morgan fingerprint density at radius 3 is 2.44 bits per heavy atom. The molecule has 4 nitrogen and oxygen atoms in total. The van der Waals surface area contributed by atoms with Crippen molar-refractivity contribution in [3.8, 4) is 0 Å². The van der Waals surface area contributed by atoms with Crippen molar-refractivity contribution in [3.63, 3.8) is 0 Å². The maximum atomic E-state index is 12.4. The average Bonchev–Trinajstić information content (AvgIpc) is 2.65. The maximum Gasteiger partial charge on any atom is 0.471 e. The molecule has 0 saturated heterocycles. The van der Waals surface area contributed by atoms with Crippen LogP contribution in [0.1, 0.15) is 5.56 Å². The number of hydrogen-bond acceptors (Lipinski definition) is 2. The third-order valence-electron chi connectivity index (χ3n) is 2.72. The zero-order valence-corrected chi connectivity index (χ0v) is 8.94. The van der Waals surface area contributed by atoms with Gasteiger partial charge in [-0.25, -0.2) is 4.79 Å². The van der Waals surface area contributed by atoms with Crippen LogP contribution in [0.5, 0.6) is 0 Å². The van der Waals surface area contributed by atoms with Crippen LogP contribution in [-0.2, 0) is 16.0 Å². The van der Waals surface area contributed by atoms with E-state index in [4.69, 9.17) is 5.11 Å². The van der Waals surface area contributed by atoms with Crippen LogP contribution in [0.15, 0.2) is 24.3 Å². The number of rotatable bonds is 1. The van der Waals surface area contributed by atoms with E-state index in [1.54, 1.807) is 6.07 Å². The highest BCUT2D eigenvalue weighted by molar-refractivity contribution is 6.04. The minimum absolute atomic E-state index is 0.00669. The minimum atomic E-state index is -5.09. The van der Waals surface area contributed by atoms with Crippen molar-refractivity contribution in [3.05, 3.63) is 29.8 Å². The van der Waals surface area contributed by atoms with Crippen LogP contribution in [0.4, 0.5) is 18.9 Å². The molecule has 1 aliphatic rings. The van der Waals surface area contributed by atoms with Crippen LogP contribution in [0, 0.1) is 0 Å². The Morgan fingerprint density at radius 1 is 1.28 bits per heavy atom. The van der Waals surface area contributed by atoms with E-state index in [0.717, 1.165) is 0 Å². The molecule has 2 rings (SSSR count). The Labute approximate surface area is 99.6 Å². The van der Waals surface area contributed by atoms with Crippen molar-refractivity contribution < 1.29 is 27.9 Å². The number of para-hydroxylation sites is 1. The van der Waals surface area contributed by atoms with E-state index < -0.39 is 24.1 Å². The maximum absolute atomic E-state index is 12.4. The van der Waals surface area contributed by atoms with E-state index in [0.29, 0.717) is 10.5 Å². The van der Waals surface area contributed by atoms with Gasteiger partial charge in [0.15, 0.2) is 0 Å². The Bertz CT molecular complexity index is 513. The number of benzene rings is 1. The quantitative estimate of drug-likeness (QED) is 0.833. The fraction of sp³-hybridized carbons (Fsp3) is 0.273. The highest BCUT2D eigenvalue weighted by Crippen LogP contribution is 2.35. The smallest absolute Gasteiger partial charge is 0.471 e. The van der Waals surface area contributed by atoms with E-state index in [-0.39, 0.29) is 12.1 Å². The van der Waals surface area contributed by atoms with E-state index in [2.05, 4.69) is 0 Å². The van der Waals surface area contributed by atoms with Gasteiger partial charge in [0, 0.05) is 12.1 Å². The number of carboxylic acid groups (broad SMARTS) is 1. The minimum Gasteiger partial charge on any atom is -0.480 e. The van der Waals surface area contributed by atoms with Crippen LogP contribution in [0.25, 0.3) is 0 Å². The molecular weight excluding hydrogens is 251 g/mol. The normalized spacial score (nSPS) is 18.6. The third kappa shape index (κ3) is 1.92. The van der Waals surface area contributed by atoms with Crippen molar-refractivity contribution in [2.75, 3.05) is 4.90 Å². The van der Waals surface area contributed by atoms with Gasteiger partial charge in [-0.05, 0) is 11.6 Å². The molecule has 1 aliphatic heterocycles. The Kier molecular flexibility index (Phi) is 2.76. The van der Waals surface area contributed by atoms with Gasteiger partial charge in [0.25, 0.3) is 0 Å². The van der Waals surface area contributed by atoms with Gasteiger partial charge in [-0.15, -0.1) is 0 Å². The number of alkyl halides is 3. The zero-order valence-electron chi connectivity index (χ0n) is 8.94. The van der Waals surface area contributed by atoms with Gasteiger partial charge in [-0.2, -0.15) is 13.2 Å². The summed E-state index contributed by atoms with van der Waals surface area (Å²) in [5, 5.41) is 8.91. The van der Waals surface area contributed by atoms with E-state index in [1.165, 1.54) is 18.2 Å². The number of amides is 1. The van der Waals surface area contributed by atoms with Gasteiger partial charge in [0.05, 0.1) is 0 Å². The predicted octanol–water partition coefficient (Wildman–Crippen LogP) is 1.59. The number of nitrogens with zero attached hydrogens (tertiary/aromatic N) is 1. The molecule has 0 spiro atoms. The predicted molar refractivity (Wildman–Crippen MR) is 55.1 cm³/mol. The third-order valence-corrected chi connectivity index (χ3v) is 2.72. The second kappa shape index (κ2) is 4.01. The largest absolute Gasteiger partial charge is 0.480 e. The van der Waals surface area contributed by atoms with Crippen molar-refractivity contribution in [2.24, 2.45) is 0 Å². The lowest BCUT2D eigenvalue weighted by Gasteiger charge is -2.23. The summed E-state index contributed by atoms with van der Waals surface area (Å²) in [5.74, 6) is -3.61. The van der Waals surface area contributed by atoms with Gasteiger partial charge < -0.3 is 5.11 Å². The van der Waals surface area contributed by atoms with Crippen molar-refractivity contribution in [2.45, 2.75) is 18.6 Å². The van der Waals surface area contributed by atoms with Crippen molar-refractivity contribution in [1.29, 1.82) is 0 Å². The molecule has 1 N–H and O–H groups in total. The van der Waals surface area contributed by atoms with Gasteiger partial charge in [-0.1, -0.05) is 18.2 Å². The second-order valence-corrected chi connectivity index (χ2v) is 3.86. The summed E-state index contributed by atoms with van der Waals surface area (Å²) in [6.45, 7) is 0. The lowest BCUT2D eigenvalue weighted by molar-refractivity contribution is -0.171. The summed E-state index contributed by atoms with van der Waals surface area (Å²) in [4.78, 5) is 22.5. The van der Waals surface area contributed by atoms with Gasteiger partial charge in [0.2, 0.25) is 0 Å². The van der Waals surface area contributed by atoms with Crippen LogP contribution >= 0.6 is 0 Å². The summed E-state index contributed by atoms with van der Waals surface area (Å²) in [7, 11) is 0. The molecule has 0 radical (unpaired) electrons. The molecule has 0 bridgehead atoms. The summed E-state index contributed by atoms with van der Waals surface area (Å²) >= 11 is 0. The number of carbonyl (C=O) groups excluding carboxylic acids is 1. The second-order valence-electron chi connectivity index (χ2n) is 3.86. The molecule has 0 saturated carbocycles. The van der Waals surface area contributed by atoms with Crippen LogP contribution < -0.4 is 4.90 Å². The van der Waals surface area contributed by atoms with Crippen molar-refractivity contribution >= 4 is 17.6 Å². The lowest BCUT2D eigenvalue weighted by atomic mass is 10.1. The molecule has 1 heterocycles. The zero-order chi connectivity index (χ0) is 13.5. The number of anilines is 1. The molecule has 0 fully saturated rings. The van der Waals surface area contributed by atoms with E-state index >= 15 is 0 Å².